The minimum atomic E-state index is -0.430. The first-order chi connectivity index (χ1) is 4.74. The topological polar surface area (TPSA) is 58.2 Å². The van der Waals surface area contributed by atoms with Crippen molar-refractivity contribution in [3.05, 3.63) is 0 Å². The SMILES string of the molecule is O=C1NC(=O)C(CCCl)N1. The summed E-state index contributed by atoms with van der Waals surface area (Å²) in [5, 5.41) is 4.52. The molecule has 1 rings (SSSR count). The van der Waals surface area contributed by atoms with E-state index in [0.717, 1.165) is 0 Å². The first-order valence-electron chi connectivity index (χ1n) is 2.91. The highest BCUT2D eigenvalue weighted by molar-refractivity contribution is 6.18. The van der Waals surface area contributed by atoms with Crippen LogP contribution in [0.3, 0.4) is 0 Å². The molecule has 0 aromatic rings. The first-order valence-corrected chi connectivity index (χ1v) is 3.45. The Morgan fingerprint density at radius 3 is 2.60 bits per heavy atom. The van der Waals surface area contributed by atoms with Crippen molar-refractivity contribution >= 4 is 23.5 Å². The zero-order chi connectivity index (χ0) is 7.56. The quantitative estimate of drug-likeness (QED) is 0.437. The van der Waals surface area contributed by atoms with Crippen LogP contribution in [-0.4, -0.2) is 23.9 Å². The van der Waals surface area contributed by atoms with Crippen LogP contribution in [-0.2, 0) is 4.79 Å². The highest BCUT2D eigenvalue weighted by Crippen LogP contribution is 1.99. The van der Waals surface area contributed by atoms with Crippen LogP contribution in [0.25, 0.3) is 0 Å². The van der Waals surface area contributed by atoms with E-state index in [1.807, 2.05) is 0 Å². The molecule has 1 atom stereocenters. The number of hydrogen-bond acceptors (Lipinski definition) is 2. The van der Waals surface area contributed by atoms with Gasteiger partial charge in [0.1, 0.15) is 6.04 Å². The second-order valence-corrected chi connectivity index (χ2v) is 2.37. The van der Waals surface area contributed by atoms with Crippen molar-refractivity contribution in [2.45, 2.75) is 12.5 Å². The highest BCUT2D eigenvalue weighted by atomic mass is 35.5. The summed E-state index contributed by atoms with van der Waals surface area (Å²) in [6.07, 6.45) is 0.485. The Balaban J connectivity index is 2.46. The number of rotatable bonds is 2. The molecular weight excluding hydrogens is 156 g/mol. The molecule has 0 aromatic heterocycles. The van der Waals surface area contributed by atoms with Crippen molar-refractivity contribution in [3.63, 3.8) is 0 Å². The molecule has 1 aliphatic heterocycles. The standard InChI is InChI=1S/C5H7ClN2O2/c6-2-1-3-4(9)8-5(10)7-3/h3H,1-2H2,(H2,7,8,9,10). The lowest BCUT2D eigenvalue weighted by Gasteiger charge is -2.01. The van der Waals surface area contributed by atoms with E-state index in [2.05, 4.69) is 10.6 Å². The molecule has 1 saturated heterocycles. The number of imide groups is 1. The van der Waals surface area contributed by atoms with Crippen LogP contribution in [0.5, 0.6) is 0 Å². The van der Waals surface area contributed by atoms with E-state index in [4.69, 9.17) is 11.6 Å². The molecule has 2 N–H and O–H groups in total. The molecular formula is C5H7ClN2O2. The summed E-state index contributed by atoms with van der Waals surface area (Å²) in [5.41, 5.74) is 0. The molecule has 0 aromatic carbocycles. The van der Waals surface area contributed by atoms with E-state index in [1.165, 1.54) is 0 Å². The summed E-state index contributed by atoms with van der Waals surface area (Å²) in [6, 6.07) is -0.856. The van der Waals surface area contributed by atoms with E-state index >= 15 is 0 Å². The molecule has 0 bridgehead atoms. The van der Waals surface area contributed by atoms with E-state index in [9.17, 15) is 9.59 Å². The molecule has 1 heterocycles. The fourth-order valence-electron chi connectivity index (χ4n) is 0.771. The smallest absolute Gasteiger partial charge is 0.322 e. The van der Waals surface area contributed by atoms with Crippen molar-refractivity contribution in [2.75, 3.05) is 5.88 Å². The average molecular weight is 163 g/mol. The summed E-state index contributed by atoms with van der Waals surface area (Å²) in [7, 11) is 0. The molecule has 10 heavy (non-hydrogen) atoms. The van der Waals surface area contributed by atoms with Gasteiger partial charge < -0.3 is 5.32 Å². The van der Waals surface area contributed by atoms with Gasteiger partial charge in [0.15, 0.2) is 0 Å². The normalized spacial score (nSPS) is 24.3. The second-order valence-electron chi connectivity index (χ2n) is 1.99. The molecule has 56 valence electrons. The Kier molecular flexibility index (Phi) is 2.11. The molecule has 3 amide bonds. The molecule has 1 fully saturated rings. The summed E-state index contributed by atoms with van der Waals surface area (Å²) in [4.78, 5) is 21.2. The number of carbonyl (C=O) groups excluding carboxylic acids is 2. The Hall–Kier alpha value is -0.770. The van der Waals surface area contributed by atoms with Gasteiger partial charge in [0.25, 0.3) is 5.91 Å². The maximum atomic E-state index is 10.7. The molecule has 0 radical (unpaired) electrons. The molecule has 5 heteroatoms. The van der Waals surface area contributed by atoms with Gasteiger partial charge in [-0.25, -0.2) is 4.79 Å². The number of hydrogen-bond donors (Lipinski definition) is 2. The van der Waals surface area contributed by atoms with Crippen LogP contribution >= 0.6 is 11.6 Å². The van der Waals surface area contributed by atoms with Crippen LogP contribution in [0, 0.1) is 0 Å². The Bertz CT molecular complexity index is 171. The fraction of sp³-hybridized carbons (Fsp3) is 0.600. The molecule has 4 nitrogen and oxygen atoms in total. The molecule has 0 aliphatic carbocycles. The first kappa shape index (κ1) is 7.34. The van der Waals surface area contributed by atoms with Gasteiger partial charge in [-0.15, -0.1) is 11.6 Å². The lowest BCUT2D eigenvalue weighted by molar-refractivity contribution is -0.120. The van der Waals surface area contributed by atoms with Crippen LogP contribution in [0.4, 0.5) is 4.79 Å². The third-order valence-corrected chi connectivity index (χ3v) is 1.47. The molecule has 1 unspecified atom stereocenters. The lowest BCUT2D eigenvalue weighted by Crippen LogP contribution is -2.28. The summed E-state index contributed by atoms with van der Waals surface area (Å²) in [6.45, 7) is 0. The van der Waals surface area contributed by atoms with Crippen molar-refractivity contribution < 1.29 is 9.59 Å². The summed E-state index contributed by atoms with van der Waals surface area (Å²) < 4.78 is 0. The van der Waals surface area contributed by atoms with Crippen LogP contribution in [0.15, 0.2) is 0 Å². The number of carbonyl (C=O) groups is 2. The van der Waals surface area contributed by atoms with Gasteiger partial charge in [0, 0.05) is 5.88 Å². The zero-order valence-corrected chi connectivity index (χ0v) is 5.94. The number of halogens is 1. The predicted octanol–water partition coefficient (Wildman–Crippen LogP) is -0.177. The Morgan fingerprint density at radius 1 is 1.50 bits per heavy atom. The molecule has 0 spiro atoms. The number of alkyl halides is 1. The fourth-order valence-corrected chi connectivity index (χ4v) is 0.989. The van der Waals surface area contributed by atoms with Crippen molar-refractivity contribution in [1.29, 1.82) is 0 Å². The van der Waals surface area contributed by atoms with Crippen molar-refractivity contribution in [2.24, 2.45) is 0 Å². The maximum absolute atomic E-state index is 10.7. The minimum absolute atomic E-state index is 0.286. The van der Waals surface area contributed by atoms with Gasteiger partial charge in [0.2, 0.25) is 0 Å². The minimum Gasteiger partial charge on any atom is -0.326 e. The third kappa shape index (κ3) is 1.39. The monoisotopic (exact) mass is 162 g/mol. The second kappa shape index (κ2) is 2.88. The Morgan fingerprint density at radius 2 is 2.20 bits per heavy atom. The summed E-state index contributed by atoms with van der Waals surface area (Å²) >= 11 is 5.36. The largest absolute Gasteiger partial charge is 0.326 e. The number of amides is 3. The number of urea groups is 1. The van der Waals surface area contributed by atoms with Gasteiger partial charge in [-0.1, -0.05) is 0 Å². The lowest BCUT2D eigenvalue weighted by atomic mass is 10.2. The van der Waals surface area contributed by atoms with Crippen LogP contribution in [0.1, 0.15) is 6.42 Å². The van der Waals surface area contributed by atoms with E-state index in [0.29, 0.717) is 12.3 Å². The van der Waals surface area contributed by atoms with Gasteiger partial charge in [-0.2, -0.15) is 0 Å². The van der Waals surface area contributed by atoms with Crippen molar-refractivity contribution in [1.82, 2.24) is 10.6 Å². The number of nitrogens with one attached hydrogen (secondary N) is 2. The van der Waals surface area contributed by atoms with Crippen LogP contribution < -0.4 is 10.6 Å². The Labute approximate surface area is 62.9 Å². The predicted molar refractivity (Wildman–Crippen MR) is 35.8 cm³/mol. The van der Waals surface area contributed by atoms with E-state index < -0.39 is 12.1 Å². The van der Waals surface area contributed by atoms with Crippen LogP contribution in [0.2, 0.25) is 0 Å². The van der Waals surface area contributed by atoms with Gasteiger partial charge in [-0.3, -0.25) is 10.1 Å². The third-order valence-electron chi connectivity index (χ3n) is 1.26. The van der Waals surface area contributed by atoms with Gasteiger partial charge in [0.05, 0.1) is 0 Å². The molecule has 1 aliphatic rings. The van der Waals surface area contributed by atoms with Crippen molar-refractivity contribution in [3.8, 4) is 0 Å². The highest BCUT2D eigenvalue weighted by Gasteiger charge is 2.28. The van der Waals surface area contributed by atoms with Gasteiger partial charge in [-0.05, 0) is 6.42 Å². The summed E-state index contributed by atoms with van der Waals surface area (Å²) in [5.74, 6) is 0.0869. The zero-order valence-electron chi connectivity index (χ0n) is 5.19. The van der Waals surface area contributed by atoms with E-state index in [-0.39, 0.29) is 5.91 Å². The van der Waals surface area contributed by atoms with E-state index in [1.54, 1.807) is 0 Å². The van der Waals surface area contributed by atoms with Gasteiger partial charge >= 0.3 is 6.03 Å². The molecule has 0 saturated carbocycles. The maximum Gasteiger partial charge on any atom is 0.322 e. The average Bonchev–Trinajstić information content (AvgIpc) is 2.13.